The molecule has 0 aromatic heterocycles. The van der Waals surface area contributed by atoms with Crippen LogP contribution in [0, 0.1) is 5.92 Å². The van der Waals surface area contributed by atoms with E-state index < -0.39 is 11.8 Å². The summed E-state index contributed by atoms with van der Waals surface area (Å²) in [5.74, 6) is -1.09. The van der Waals surface area contributed by atoms with E-state index in [0.29, 0.717) is 0 Å². The van der Waals surface area contributed by atoms with Crippen molar-refractivity contribution in [1.82, 2.24) is 0 Å². The highest BCUT2D eigenvalue weighted by Gasteiger charge is 2.09. The molecule has 3 heteroatoms. The fourth-order valence-corrected chi connectivity index (χ4v) is 2.54. The molecule has 21 heavy (non-hydrogen) atoms. The van der Waals surface area contributed by atoms with Gasteiger partial charge in [0, 0.05) is 6.42 Å². The number of carboxylic acids is 1. The number of ketones is 1. The van der Waals surface area contributed by atoms with Gasteiger partial charge < -0.3 is 5.11 Å². The van der Waals surface area contributed by atoms with E-state index in [0.717, 1.165) is 25.2 Å². The molecular formula is C18H34O3. The molecule has 0 radical (unpaired) electrons. The molecule has 0 aromatic rings. The average Bonchev–Trinajstić information content (AvgIpc) is 2.43. The smallest absolute Gasteiger partial charge is 0.372 e. The van der Waals surface area contributed by atoms with Crippen LogP contribution in [0.4, 0.5) is 0 Å². The van der Waals surface area contributed by atoms with Gasteiger partial charge in [-0.2, -0.15) is 0 Å². The van der Waals surface area contributed by atoms with Crippen LogP contribution < -0.4 is 0 Å². The van der Waals surface area contributed by atoms with Gasteiger partial charge in [-0.15, -0.1) is 0 Å². The van der Waals surface area contributed by atoms with Crippen LogP contribution in [0.25, 0.3) is 0 Å². The summed E-state index contributed by atoms with van der Waals surface area (Å²) < 4.78 is 0. The van der Waals surface area contributed by atoms with E-state index in [1.54, 1.807) is 0 Å². The molecule has 0 aliphatic carbocycles. The van der Waals surface area contributed by atoms with E-state index in [4.69, 9.17) is 5.11 Å². The Balaban J connectivity index is 3.09. The fourth-order valence-electron chi connectivity index (χ4n) is 2.54. The lowest BCUT2D eigenvalue weighted by atomic mass is 10.0. The Morgan fingerprint density at radius 1 is 0.714 bits per heavy atom. The highest BCUT2D eigenvalue weighted by atomic mass is 16.4. The quantitative estimate of drug-likeness (QED) is 0.327. The van der Waals surface area contributed by atoms with Crippen molar-refractivity contribution < 1.29 is 14.7 Å². The molecule has 0 amide bonds. The Morgan fingerprint density at radius 3 is 1.48 bits per heavy atom. The minimum absolute atomic E-state index is 0.200. The zero-order valence-corrected chi connectivity index (χ0v) is 14.0. The van der Waals surface area contributed by atoms with Crippen molar-refractivity contribution >= 4 is 11.8 Å². The van der Waals surface area contributed by atoms with E-state index >= 15 is 0 Å². The second kappa shape index (κ2) is 14.1. The third-order valence-corrected chi connectivity index (χ3v) is 3.92. The largest absolute Gasteiger partial charge is 0.476 e. The van der Waals surface area contributed by atoms with E-state index in [9.17, 15) is 9.59 Å². The normalized spacial score (nSPS) is 11.0. The summed E-state index contributed by atoms with van der Waals surface area (Å²) in [7, 11) is 0. The molecule has 0 fully saturated rings. The number of carbonyl (C=O) groups excluding carboxylic acids is 1. The lowest BCUT2D eigenvalue weighted by Crippen LogP contribution is -2.11. The monoisotopic (exact) mass is 298 g/mol. The summed E-state index contributed by atoms with van der Waals surface area (Å²) in [6, 6.07) is 0. The summed E-state index contributed by atoms with van der Waals surface area (Å²) in [5.41, 5.74) is 0. The molecule has 0 bridgehead atoms. The first-order valence-corrected chi connectivity index (χ1v) is 8.80. The SMILES string of the molecule is CC(C)CCCCCCCCCCCCCC(=O)C(=O)O. The number of carbonyl (C=O) groups is 2. The van der Waals surface area contributed by atoms with Crippen LogP contribution >= 0.6 is 0 Å². The summed E-state index contributed by atoms with van der Waals surface area (Å²) >= 11 is 0. The minimum Gasteiger partial charge on any atom is -0.476 e. The van der Waals surface area contributed by atoms with E-state index in [1.807, 2.05) is 0 Å². The first kappa shape index (κ1) is 20.1. The number of rotatable bonds is 15. The summed E-state index contributed by atoms with van der Waals surface area (Å²) in [5, 5.41) is 8.44. The maximum atomic E-state index is 10.9. The molecule has 0 aliphatic heterocycles. The van der Waals surface area contributed by atoms with Gasteiger partial charge in [-0.3, -0.25) is 4.79 Å². The summed E-state index contributed by atoms with van der Waals surface area (Å²) in [6.45, 7) is 4.58. The van der Waals surface area contributed by atoms with Crippen molar-refractivity contribution in [3.8, 4) is 0 Å². The molecule has 0 rings (SSSR count). The van der Waals surface area contributed by atoms with Crippen LogP contribution in [0.2, 0.25) is 0 Å². The molecule has 0 heterocycles. The van der Waals surface area contributed by atoms with Crippen LogP contribution in [0.3, 0.4) is 0 Å². The van der Waals surface area contributed by atoms with E-state index in [2.05, 4.69) is 13.8 Å². The Morgan fingerprint density at radius 2 is 1.10 bits per heavy atom. The third-order valence-electron chi connectivity index (χ3n) is 3.92. The van der Waals surface area contributed by atoms with Crippen molar-refractivity contribution in [2.75, 3.05) is 0 Å². The standard InChI is InChI=1S/C18H34O3/c1-16(2)14-12-10-8-6-4-3-5-7-9-11-13-15-17(19)18(20)21/h16H,3-15H2,1-2H3,(H,20,21). The maximum absolute atomic E-state index is 10.9. The lowest BCUT2D eigenvalue weighted by molar-refractivity contribution is -0.149. The number of Topliss-reactive ketones (excluding diaryl/α,β-unsaturated/α-hetero) is 1. The van der Waals surface area contributed by atoms with Crippen LogP contribution in [0.1, 0.15) is 97.3 Å². The van der Waals surface area contributed by atoms with Gasteiger partial charge in [0.2, 0.25) is 5.78 Å². The number of carboxylic acid groups (broad SMARTS) is 1. The van der Waals surface area contributed by atoms with Crippen molar-refractivity contribution in [2.24, 2.45) is 5.92 Å². The predicted octanol–water partition coefficient (Wildman–Crippen LogP) is 5.37. The zero-order valence-electron chi connectivity index (χ0n) is 14.0. The maximum Gasteiger partial charge on any atom is 0.372 e. The lowest BCUT2D eigenvalue weighted by Gasteiger charge is -2.04. The molecule has 124 valence electrons. The molecule has 3 nitrogen and oxygen atoms in total. The first-order chi connectivity index (χ1) is 10.0. The van der Waals surface area contributed by atoms with Crippen LogP contribution in [-0.4, -0.2) is 16.9 Å². The van der Waals surface area contributed by atoms with E-state index in [1.165, 1.54) is 57.8 Å². The van der Waals surface area contributed by atoms with Gasteiger partial charge in [0.1, 0.15) is 0 Å². The van der Waals surface area contributed by atoms with Gasteiger partial charge in [0.15, 0.2) is 0 Å². The number of hydrogen-bond acceptors (Lipinski definition) is 2. The van der Waals surface area contributed by atoms with E-state index in [-0.39, 0.29) is 6.42 Å². The molecule has 0 aliphatic rings. The van der Waals surface area contributed by atoms with Gasteiger partial charge in [0.05, 0.1) is 0 Å². The van der Waals surface area contributed by atoms with Crippen molar-refractivity contribution in [2.45, 2.75) is 97.3 Å². The summed E-state index contributed by atoms with van der Waals surface area (Å²) in [6.07, 6.45) is 15.1. The fraction of sp³-hybridized carbons (Fsp3) is 0.889. The molecule has 0 spiro atoms. The highest BCUT2D eigenvalue weighted by molar-refractivity contribution is 6.32. The Kier molecular flexibility index (Phi) is 13.5. The second-order valence-corrected chi connectivity index (χ2v) is 6.55. The first-order valence-electron chi connectivity index (χ1n) is 8.80. The number of hydrogen-bond donors (Lipinski definition) is 1. The zero-order chi connectivity index (χ0) is 15.9. The Bertz CT molecular complexity index is 272. The van der Waals surface area contributed by atoms with Gasteiger partial charge in [-0.05, 0) is 12.3 Å². The van der Waals surface area contributed by atoms with Gasteiger partial charge >= 0.3 is 5.97 Å². The Hall–Kier alpha value is -0.860. The molecule has 1 N–H and O–H groups in total. The second-order valence-electron chi connectivity index (χ2n) is 6.55. The average molecular weight is 298 g/mol. The molecule has 0 saturated carbocycles. The summed E-state index contributed by atoms with van der Waals surface area (Å²) in [4.78, 5) is 21.2. The number of unbranched alkanes of at least 4 members (excludes halogenated alkanes) is 10. The van der Waals surface area contributed by atoms with Crippen molar-refractivity contribution in [3.05, 3.63) is 0 Å². The minimum atomic E-state index is -1.29. The molecule has 0 saturated heterocycles. The molecule has 0 atom stereocenters. The van der Waals surface area contributed by atoms with Crippen molar-refractivity contribution in [3.63, 3.8) is 0 Å². The van der Waals surface area contributed by atoms with Crippen LogP contribution in [0.5, 0.6) is 0 Å². The van der Waals surface area contributed by atoms with Crippen molar-refractivity contribution in [1.29, 1.82) is 0 Å². The molecule has 0 aromatic carbocycles. The van der Waals surface area contributed by atoms with Gasteiger partial charge in [0.25, 0.3) is 0 Å². The number of aliphatic carboxylic acids is 1. The van der Waals surface area contributed by atoms with Gasteiger partial charge in [-0.25, -0.2) is 4.79 Å². The van der Waals surface area contributed by atoms with Gasteiger partial charge in [-0.1, -0.05) is 84.5 Å². The molecular weight excluding hydrogens is 264 g/mol. The third kappa shape index (κ3) is 15.3. The highest BCUT2D eigenvalue weighted by Crippen LogP contribution is 2.14. The van der Waals surface area contributed by atoms with Crippen LogP contribution in [0.15, 0.2) is 0 Å². The topological polar surface area (TPSA) is 54.4 Å². The van der Waals surface area contributed by atoms with Crippen LogP contribution in [-0.2, 0) is 9.59 Å². The predicted molar refractivity (Wildman–Crippen MR) is 87.5 cm³/mol. The molecule has 0 unspecified atom stereocenters. The Labute approximate surface area is 130 Å².